The van der Waals surface area contributed by atoms with Crippen molar-refractivity contribution in [3.8, 4) is 11.5 Å². The van der Waals surface area contributed by atoms with Crippen molar-refractivity contribution in [1.29, 1.82) is 0 Å². The minimum absolute atomic E-state index is 0.667. The maximum atomic E-state index is 5.25. The maximum absolute atomic E-state index is 5.25. The van der Waals surface area contributed by atoms with Gasteiger partial charge in [-0.1, -0.05) is 19.9 Å². The van der Waals surface area contributed by atoms with Gasteiger partial charge >= 0.3 is 0 Å². The zero-order valence-electron chi connectivity index (χ0n) is 10.5. The first-order valence-corrected chi connectivity index (χ1v) is 5.59. The van der Waals surface area contributed by atoms with Crippen molar-refractivity contribution in [2.45, 2.75) is 20.4 Å². The van der Waals surface area contributed by atoms with Crippen molar-refractivity contribution >= 4 is 0 Å². The zero-order valence-corrected chi connectivity index (χ0v) is 10.5. The fraction of sp³-hybridized carbons (Fsp3) is 0.538. The molecular formula is C13H21NO2. The van der Waals surface area contributed by atoms with E-state index in [1.54, 1.807) is 14.2 Å². The number of rotatable bonds is 6. The molecule has 0 fully saturated rings. The molecule has 0 bridgehead atoms. The van der Waals surface area contributed by atoms with Gasteiger partial charge in [0.1, 0.15) is 0 Å². The molecular weight excluding hydrogens is 202 g/mol. The zero-order chi connectivity index (χ0) is 12.0. The molecule has 0 aliphatic rings. The third-order valence-electron chi connectivity index (χ3n) is 2.33. The molecule has 0 aliphatic carbocycles. The van der Waals surface area contributed by atoms with Crippen LogP contribution in [0.2, 0.25) is 0 Å². The van der Waals surface area contributed by atoms with Gasteiger partial charge in [0, 0.05) is 6.54 Å². The normalized spacial score (nSPS) is 10.6. The van der Waals surface area contributed by atoms with E-state index in [0.29, 0.717) is 5.92 Å². The van der Waals surface area contributed by atoms with Crippen LogP contribution in [0, 0.1) is 5.92 Å². The first kappa shape index (κ1) is 12.8. The van der Waals surface area contributed by atoms with Crippen molar-refractivity contribution in [2.75, 3.05) is 20.8 Å². The molecule has 0 amide bonds. The number of nitrogens with one attached hydrogen (secondary N) is 1. The highest BCUT2D eigenvalue weighted by Gasteiger charge is 2.04. The van der Waals surface area contributed by atoms with Crippen LogP contribution in [0.25, 0.3) is 0 Å². The third-order valence-corrected chi connectivity index (χ3v) is 2.33. The van der Waals surface area contributed by atoms with Gasteiger partial charge in [-0.3, -0.25) is 0 Å². The second-order valence-electron chi connectivity index (χ2n) is 4.21. The van der Waals surface area contributed by atoms with Crippen LogP contribution in [0.1, 0.15) is 19.4 Å². The van der Waals surface area contributed by atoms with E-state index in [1.165, 1.54) is 5.56 Å². The molecule has 0 atom stereocenters. The molecule has 0 saturated heterocycles. The monoisotopic (exact) mass is 223 g/mol. The number of benzene rings is 1. The Morgan fingerprint density at radius 3 is 2.38 bits per heavy atom. The van der Waals surface area contributed by atoms with Crippen LogP contribution >= 0.6 is 0 Å². The fourth-order valence-electron chi connectivity index (χ4n) is 1.50. The number of hydrogen-bond donors (Lipinski definition) is 1. The van der Waals surface area contributed by atoms with Crippen molar-refractivity contribution in [2.24, 2.45) is 5.92 Å². The first-order valence-electron chi connectivity index (χ1n) is 5.59. The van der Waals surface area contributed by atoms with Crippen molar-refractivity contribution in [3.05, 3.63) is 23.8 Å². The lowest BCUT2D eigenvalue weighted by atomic mass is 10.2. The summed E-state index contributed by atoms with van der Waals surface area (Å²) in [7, 11) is 3.30. The van der Waals surface area contributed by atoms with Crippen LogP contribution in [0.4, 0.5) is 0 Å². The van der Waals surface area contributed by atoms with Gasteiger partial charge in [0.05, 0.1) is 14.2 Å². The van der Waals surface area contributed by atoms with E-state index in [9.17, 15) is 0 Å². The van der Waals surface area contributed by atoms with Crippen LogP contribution in [0.15, 0.2) is 18.2 Å². The molecule has 0 aromatic heterocycles. The van der Waals surface area contributed by atoms with Gasteiger partial charge in [0.25, 0.3) is 0 Å². The molecule has 1 aromatic carbocycles. The molecule has 90 valence electrons. The molecule has 1 N–H and O–H groups in total. The molecule has 0 aliphatic heterocycles. The molecule has 0 radical (unpaired) electrons. The van der Waals surface area contributed by atoms with E-state index < -0.39 is 0 Å². The van der Waals surface area contributed by atoms with Crippen LogP contribution in [-0.4, -0.2) is 20.8 Å². The third kappa shape index (κ3) is 3.74. The van der Waals surface area contributed by atoms with Gasteiger partial charge in [0.2, 0.25) is 0 Å². The Morgan fingerprint density at radius 1 is 1.12 bits per heavy atom. The van der Waals surface area contributed by atoms with Crippen LogP contribution in [0.5, 0.6) is 11.5 Å². The lowest BCUT2D eigenvalue weighted by molar-refractivity contribution is 0.354. The Balaban J connectivity index is 2.60. The molecule has 0 saturated carbocycles. The standard InChI is InChI=1S/C13H21NO2/c1-10(2)8-14-9-11-5-6-12(15-3)13(7-11)16-4/h5-7,10,14H,8-9H2,1-4H3. The van der Waals surface area contributed by atoms with Crippen LogP contribution in [0.3, 0.4) is 0 Å². The van der Waals surface area contributed by atoms with E-state index in [1.807, 2.05) is 12.1 Å². The summed E-state index contributed by atoms with van der Waals surface area (Å²) in [5, 5.41) is 3.39. The van der Waals surface area contributed by atoms with Crippen molar-refractivity contribution in [3.63, 3.8) is 0 Å². The average molecular weight is 223 g/mol. The summed E-state index contributed by atoms with van der Waals surface area (Å²) >= 11 is 0. The smallest absolute Gasteiger partial charge is 0.161 e. The molecule has 1 rings (SSSR count). The summed E-state index contributed by atoms with van der Waals surface area (Å²) in [5.74, 6) is 2.22. The molecule has 1 aromatic rings. The Morgan fingerprint density at radius 2 is 1.81 bits per heavy atom. The highest BCUT2D eigenvalue weighted by molar-refractivity contribution is 5.42. The molecule has 3 heteroatoms. The molecule has 0 unspecified atom stereocenters. The molecule has 3 nitrogen and oxygen atoms in total. The maximum Gasteiger partial charge on any atom is 0.161 e. The second kappa shape index (κ2) is 6.38. The summed E-state index contributed by atoms with van der Waals surface area (Å²) in [6, 6.07) is 5.99. The fourth-order valence-corrected chi connectivity index (χ4v) is 1.50. The van der Waals surface area contributed by atoms with E-state index in [-0.39, 0.29) is 0 Å². The van der Waals surface area contributed by atoms with Gasteiger partial charge in [0.15, 0.2) is 11.5 Å². The highest BCUT2D eigenvalue weighted by atomic mass is 16.5. The topological polar surface area (TPSA) is 30.5 Å². The predicted octanol–water partition coefficient (Wildman–Crippen LogP) is 2.45. The molecule has 0 heterocycles. The minimum atomic E-state index is 0.667. The number of methoxy groups -OCH3 is 2. The quantitative estimate of drug-likeness (QED) is 0.803. The molecule has 0 spiro atoms. The highest BCUT2D eigenvalue weighted by Crippen LogP contribution is 2.27. The lowest BCUT2D eigenvalue weighted by Gasteiger charge is -2.11. The van der Waals surface area contributed by atoms with Gasteiger partial charge < -0.3 is 14.8 Å². The van der Waals surface area contributed by atoms with Crippen molar-refractivity contribution in [1.82, 2.24) is 5.32 Å². The van der Waals surface area contributed by atoms with Gasteiger partial charge in [-0.25, -0.2) is 0 Å². The molecule has 16 heavy (non-hydrogen) atoms. The van der Waals surface area contributed by atoms with Gasteiger partial charge in [-0.05, 0) is 30.2 Å². The first-order chi connectivity index (χ1) is 7.67. The van der Waals surface area contributed by atoms with E-state index >= 15 is 0 Å². The number of hydrogen-bond acceptors (Lipinski definition) is 3. The van der Waals surface area contributed by atoms with Crippen LogP contribution < -0.4 is 14.8 Å². The minimum Gasteiger partial charge on any atom is -0.493 e. The Kier molecular flexibility index (Phi) is 5.12. The van der Waals surface area contributed by atoms with E-state index in [0.717, 1.165) is 24.6 Å². The summed E-state index contributed by atoms with van der Waals surface area (Å²) in [5.41, 5.74) is 1.21. The van der Waals surface area contributed by atoms with E-state index in [4.69, 9.17) is 9.47 Å². The summed E-state index contributed by atoms with van der Waals surface area (Å²) < 4.78 is 10.4. The Hall–Kier alpha value is -1.22. The largest absolute Gasteiger partial charge is 0.493 e. The lowest BCUT2D eigenvalue weighted by Crippen LogP contribution is -2.18. The average Bonchev–Trinajstić information content (AvgIpc) is 2.28. The number of ether oxygens (including phenoxy) is 2. The van der Waals surface area contributed by atoms with Gasteiger partial charge in [-0.15, -0.1) is 0 Å². The van der Waals surface area contributed by atoms with Crippen molar-refractivity contribution < 1.29 is 9.47 Å². The second-order valence-corrected chi connectivity index (χ2v) is 4.21. The Labute approximate surface area is 97.8 Å². The Bertz CT molecular complexity index is 324. The summed E-state index contributed by atoms with van der Waals surface area (Å²) in [6.07, 6.45) is 0. The van der Waals surface area contributed by atoms with E-state index in [2.05, 4.69) is 25.2 Å². The summed E-state index contributed by atoms with van der Waals surface area (Å²) in [6.45, 7) is 6.27. The SMILES string of the molecule is COc1ccc(CNCC(C)C)cc1OC. The summed E-state index contributed by atoms with van der Waals surface area (Å²) in [4.78, 5) is 0. The predicted molar refractivity (Wildman–Crippen MR) is 66.1 cm³/mol. The van der Waals surface area contributed by atoms with Gasteiger partial charge in [-0.2, -0.15) is 0 Å². The van der Waals surface area contributed by atoms with Crippen LogP contribution in [-0.2, 0) is 6.54 Å².